The van der Waals surface area contributed by atoms with Crippen molar-refractivity contribution in [2.45, 2.75) is 30.7 Å². The van der Waals surface area contributed by atoms with Crippen LogP contribution in [-0.4, -0.2) is 5.60 Å². The Balaban J connectivity index is 1.97. The molecule has 0 bridgehead atoms. The third-order valence-corrected chi connectivity index (χ3v) is 6.11. The highest BCUT2D eigenvalue weighted by atomic mass is 127. The Morgan fingerprint density at radius 2 is 1.95 bits per heavy atom. The lowest BCUT2D eigenvalue weighted by Crippen LogP contribution is -2.24. The Bertz CT molecular complexity index is 697. The summed E-state index contributed by atoms with van der Waals surface area (Å²) in [7, 11) is 0. The number of rotatable bonds is 2. The van der Waals surface area contributed by atoms with E-state index in [9.17, 15) is 0 Å². The maximum atomic E-state index is 5.95. The smallest absolute Gasteiger partial charge is 0.123 e. The summed E-state index contributed by atoms with van der Waals surface area (Å²) >= 11 is 9.79. The molecule has 1 atom stereocenters. The molecule has 1 unspecified atom stereocenters. The van der Waals surface area contributed by atoms with E-state index in [0.29, 0.717) is 0 Å². The van der Waals surface area contributed by atoms with Crippen LogP contribution in [0.15, 0.2) is 40.9 Å². The van der Waals surface area contributed by atoms with Gasteiger partial charge in [-0.25, -0.2) is 0 Å². The van der Waals surface area contributed by atoms with Gasteiger partial charge >= 0.3 is 0 Å². The Hall–Kier alpha value is -0.0700. The summed E-state index contributed by atoms with van der Waals surface area (Å²) < 4.78 is 8.32. The van der Waals surface area contributed by atoms with E-state index in [-0.39, 0.29) is 10.4 Å². The molecule has 0 saturated carbocycles. The van der Waals surface area contributed by atoms with Gasteiger partial charge < -0.3 is 4.74 Å². The van der Waals surface area contributed by atoms with E-state index in [2.05, 4.69) is 105 Å². The van der Waals surface area contributed by atoms with Crippen molar-refractivity contribution in [3.63, 3.8) is 0 Å². The summed E-state index contributed by atoms with van der Waals surface area (Å²) in [5.41, 5.74) is 3.76. The van der Waals surface area contributed by atoms with Crippen molar-refractivity contribution in [1.29, 1.82) is 0 Å². The van der Waals surface area contributed by atoms with Gasteiger partial charge in [-0.15, -0.1) is 0 Å². The molecule has 0 spiro atoms. The zero-order valence-electron chi connectivity index (χ0n) is 11.8. The summed E-state index contributed by atoms with van der Waals surface area (Å²) in [6.07, 6.45) is 0.964. The number of hydrogen-bond donors (Lipinski definition) is 0. The normalized spacial score (nSPS) is 17.2. The number of ether oxygens (including phenoxy) is 1. The van der Waals surface area contributed by atoms with Crippen LogP contribution in [0.4, 0.5) is 0 Å². The third kappa shape index (κ3) is 3.32. The largest absolute Gasteiger partial charge is 0.487 e. The second-order valence-corrected chi connectivity index (χ2v) is 8.93. The van der Waals surface area contributed by atoms with Gasteiger partial charge in [0.2, 0.25) is 0 Å². The second-order valence-electron chi connectivity index (χ2n) is 5.93. The van der Waals surface area contributed by atoms with E-state index >= 15 is 0 Å². The summed E-state index contributed by atoms with van der Waals surface area (Å²) in [5, 5.41) is 0. The molecule has 1 aliphatic heterocycles. The van der Waals surface area contributed by atoms with E-state index in [0.717, 1.165) is 16.6 Å². The van der Waals surface area contributed by atoms with Gasteiger partial charge in [0.1, 0.15) is 11.4 Å². The number of hydrogen-bond acceptors (Lipinski definition) is 1. The van der Waals surface area contributed by atoms with Crippen molar-refractivity contribution in [2.75, 3.05) is 0 Å². The summed E-state index contributed by atoms with van der Waals surface area (Å²) in [5.74, 6) is 1.02. The minimum Gasteiger partial charge on any atom is -0.487 e. The molecule has 0 amide bonds. The summed E-state index contributed by atoms with van der Waals surface area (Å²) in [6.45, 7) is 4.27. The molecule has 2 aromatic rings. The van der Waals surface area contributed by atoms with Crippen LogP contribution < -0.4 is 4.74 Å². The van der Waals surface area contributed by atoms with Crippen LogP contribution in [0.25, 0.3) is 0 Å². The van der Waals surface area contributed by atoms with E-state index < -0.39 is 0 Å². The zero-order valence-corrected chi connectivity index (χ0v) is 17.1. The molecule has 0 saturated heterocycles. The molecule has 0 aliphatic carbocycles. The molecule has 2 aromatic carbocycles. The first-order valence-corrected chi connectivity index (χ1v) is 9.55. The molecule has 0 aromatic heterocycles. The molecule has 3 rings (SSSR count). The van der Waals surface area contributed by atoms with Crippen LogP contribution in [0.1, 0.15) is 35.4 Å². The van der Waals surface area contributed by atoms with Crippen molar-refractivity contribution in [3.05, 3.63) is 61.1 Å². The maximum absolute atomic E-state index is 5.95. The van der Waals surface area contributed by atoms with Crippen LogP contribution >= 0.6 is 54.5 Å². The highest BCUT2D eigenvalue weighted by Gasteiger charge is 2.30. The van der Waals surface area contributed by atoms with Gasteiger partial charge in [0.05, 0.1) is 4.83 Å². The van der Waals surface area contributed by atoms with Crippen molar-refractivity contribution in [1.82, 2.24) is 0 Å². The van der Waals surface area contributed by atoms with Gasteiger partial charge in [-0.1, -0.05) is 44.0 Å². The van der Waals surface area contributed by atoms with Gasteiger partial charge in [0.15, 0.2) is 0 Å². The fourth-order valence-electron chi connectivity index (χ4n) is 2.68. The first kappa shape index (κ1) is 15.8. The van der Waals surface area contributed by atoms with E-state index in [1.165, 1.54) is 20.3 Å². The lowest BCUT2D eigenvalue weighted by Gasteiger charge is -2.16. The maximum Gasteiger partial charge on any atom is 0.123 e. The van der Waals surface area contributed by atoms with Crippen LogP contribution in [0, 0.1) is 3.57 Å². The molecule has 1 aliphatic rings. The molecule has 110 valence electrons. The molecule has 1 heterocycles. The van der Waals surface area contributed by atoms with Crippen molar-refractivity contribution in [3.8, 4) is 5.75 Å². The van der Waals surface area contributed by atoms with Gasteiger partial charge in [-0.3, -0.25) is 0 Å². The highest BCUT2D eigenvalue weighted by Crippen LogP contribution is 2.40. The topological polar surface area (TPSA) is 9.23 Å². The van der Waals surface area contributed by atoms with Gasteiger partial charge in [-0.05, 0) is 77.4 Å². The molecule has 0 fully saturated rings. The molecule has 0 radical (unpaired) electrons. The first-order valence-electron chi connectivity index (χ1n) is 6.76. The second kappa shape index (κ2) is 5.85. The summed E-state index contributed by atoms with van der Waals surface area (Å²) in [6, 6.07) is 12.9. The third-order valence-electron chi connectivity index (χ3n) is 3.61. The first-order chi connectivity index (χ1) is 9.85. The van der Waals surface area contributed by atoms with Crippen molar-refractivity contribution >= 4 is 54.5 Å². The minimum atomic E-state index is -0.0903. The Labute approximate surface area is 155 Å². The quantitative estimate of drug-likeness (QED) is 0.335. The predicted molar refractivity (Wildman–Crippen MR) is 102 cm³/mol. The van der Waals surface area contributed by atoms with E-state index in [1.807, 2.05) is 0 Å². The average Bonchev–Trinajstić information content (AvgIpc) is 2.73. The minimum absolute atomic E-state index is 0.0903. The zero-order chi connectivity index (χ0) is 15.2. The van der Waals surface area contributed by atoms with Crippen LogP contribution in [0.3, 0.4) is 0 Å². The number of alkyl halides is 1. The van der Waals surface area contributed by atoms with Crippen LogP contribution in [0.2, 0.25) is 0 Å². The highest BCUT2D eigenvalue weighted by molar-refractivity contribution is 14.1. The molecular weight excluding hydrogens is 507 g/mol. The molecule has 21 heavy (non-hydrogen) atoms. The molecule has 4 heteroatoms. The average molecular weight is 522 g/mol. The number of fused-ring (bicyclic) bond motifs is 1. The van der Waals surface area contributed by atoms with Crippen LogP contribution in [-0.2, 0) is 6.42 Å². The lowest BCUT2D eigenvalue weighted by molar-refractivity contribution is 0.138. The Morgan fingerprint density at radius 1 is 1.19 bits per heavy atom. The van der Waals surface area contributed by atoms with Gasteiger partial charge in [-0.2, -0.15) is 0 Å². The fourth-order valence-corrected chi connectivity index (χ4v) is 4.79. The number of benzene rings is 2. The van der Waals surface area contributed by atoms with Gasteiger partial charge in [0.25, 0.3) is 0 Å². The summed E-state index contributed by atoms with van der Waals surface area (Å²) in [4.78, 5) is 0.191. The lowest BCUT2D eigenvalue weighted by atomic mass is 9.98. The van der Waals surface area contributed by atoms with Gasteiger partial charge in [0, 0.05) is 14.5 Å². The Kier molecular flexibility index (Phi) is 4.41. The molecule has 1 nitrogen and oxygen atoms in total. The monoisotopic (exact) mass is 520 g/mol. The number of halogens is 3. The van der Waals surface area contributed by atoms with Crippen molar-refractivity contribution < 1.29 is 4.74 Å². The van der Waals surface area contributed by atoms with Crippen molar-refractivity contribution in [2.24, 2.45) is 0 Å². The molecular formula is C17H15Br2IO. The van der Waals surface area contributed by atoms with Crippen LogP contribution in [0.5, 0.6) is 5.75 Å². The van der Waals surface area contributed by atoms with E-state index in [1.54, 1.807) is 0 Å². The predicted octanol–water partition coefficient (Wildman–Crippen LogP) is 6.25. The molecule has 0 N–H and O–H groups in total. The van der Waals surface area contributed by atoms with E-state index in [4.69, 9.17) is 4.74 Å². The standard InChI is InChI=1S/C17H15Br2IO/c1-17(2)9-11-7-10(3-6-15(11)21-17)16(19)13-8-12(18)4-5-14(13)20/h3-8,16H,9H2,1-2H3. The SMILES string of the molecule is CC1(C)Cc2cc(C(Br)c3cc(Br)ccc3I)ccc2O1. The Morgan fingerprint density at radius 3 is 2.71 bits per heavy atom. The fraction of sp³-hybridized carbons (Fsp3) is 0.294.